The summed E-state index contributed by atoms with van der Waals surface area (Å²) in [5.41, 5.74) is 0.506. The van der Waals surface area contributed by atoms with Crippen molar-refractivity contribution in [1.82, 2.24) is 4.90 Å². The molecule has 0 aromatic heterocycles. The van der Waals surface area contributed by atoms with Crippen LogP contribution in [-0.4, -0.2) is 81.9 Å². The molecule has 0 aliphatic carbocycles. The molecule has 2 fully saturated rings. The Morgan fingerprint density at radius 2 is 2.07 bits per heavy atom. The summed E-state index contributed by atoms with van der Waals surface area (Å²) in [5, 5.41) is 9.50. The number of nitrogens with zero attached hydrogens (tertiary/aromatic N) is 2. The highest BCUT2D eigenvalue weighted by Gasteiger charge is 2.61. The molecule has 0 bridgehead atoms. The lowest BCUT2D eigenvalue weighted by Crippen LogP contribution is -2.69. The Balaban J connectivity index is 2.05. The fraction of sp³-hybridized carbons (Fsp3) is 0.647. The first kappa shape index (κ1) is 19.8. The summed E-state index contributed by atoms with van der Waals surface area (Å²) in [7, 11) is 1.42. The molecule has 0 saturated carbocycles. The number of amides is 3. The zero-order valence-electron chi connectivity index (χ0n) is 15.5. The van der Waals surface area contributed by atoms with Crippen LogP contribution in [0.4, 0.5) is 4.79 Å². The number of hydrogen-bond acceptors (Lipinski definition) is 7. The lowest BCUT2D eigenvalue weighted by atomic mass is 10.0. The average Bonchev–Trinajstić information content (AvgIpc) is 3.01. The largest absolute Gasteiger partial charge is 0.521 e. The van der Waals surface area contributed by atoms with Gasteiger partial charge in [-0.05, 0) is 6.92 Å². The van der Waals surface area contributed by atoms with Gasteiger partial charge in [0.05, 0.1) is 6.54 Å². The van der Waals surface area contributed by atoms with Crippen molar-refractivity contribution in [2.45, 2.75) is 44.2 Å². The van der Waals surface area contributed by atoms with Crippen LogP contribution >= 0.6 is 11.8 Å². The molecule has 4 atom stereocenters. The van der Waals surface area contributed by atoms with E-state index in [-0.39, 0.29) is 30.1 Å². The number of carboxylic acid groups (broad SMARTS) is 1. The molecule has 0 spiro atoms. The fourth-order valence-corrected chi connectivity index (χ4v) is 5.32. The van der Waals surface area contributed by atoms with Gasteiger partial charge in [-0.2, -0.15) is 9.28 Å². The van der Waals surface area contributed by atoms with Gasteiger partial charge >= 0.3 is 18.0 Å². The van der Waals surface area contributed by atoms with Crippen molar-refractivity contribution in [3.63, 3.8) is 0 Å². The minimum Gasteiger partial charge on any atom is -0.461 e. The highest BCUT2D eigenvalue weighted by molar-refractivity contribution is 8.00. The maximum absolute atomic E-state index is 13.5. The molecule has 27 heavy (non-hydrogen) atoms. The number of β-lactam (4-membered cyclic amide) rings is 1. The summed E-state index contributed by atoms with van der Waals surface area (Å²) in [5.74, 6) is -1.16. The van der Waals surface area contributed by atoms with Gasteiger partial charge in [-0.25, -0.2) is 4.79 Å². The SMILES string of the molecule is CO[C@H]1C(=O)N2C(C(=O)[N+]3(C(=O)O)CCCC3C)=C(COC(C)=O)CS[C@H]12. The second-order valence-corrected chi connectivity index (χ2v) is 8.07. The molecule has 2 saturated heterocycles. The topological polar surface area (TPSA) is 110 Å². The van der Waals surface area contributed by atoms with Crippen LogP contribution in [0.1, 0.15) is 26.7 Å². The normalized spacial score (nSPS) is 32.8. The Hall–Kier alpha value is -1.91. The number of carbonyl (C=O) groups excluding carboxylic acids is 3. The lowest BCUT2D eigenvalue weighted by molar-refractivity contribution is -0.790. The number of imide groups is 1. The van der Waals surface area contributed by atoms with Crippen LogP contribution in [0.5, 0.6) is 0 Å². The minimum absolute atomic E-state index is 0.0504. The van der Waals surface area contributed by atoms with Crippen LogP contribution < -0.4 is 0 Å². The zero-order chi connectivity index (χ0) is 19.9. The highest BCUT2D eigenvalue weighted by atomic mass is 32.2. The van der Waals surface area contributed by atoms with E-state index in [2.05, 4.69) is 0 Å². The first-order valence-electron chi connectivity index (χ1n) is 8.74. The van der Waals surface area contributed by atoms with E-state index in [1.54, 1.807) is 6.92 Å². The summed E-state index contributed by atoms with van der Waals surface area (Å²) < 4.78 is 9.51. The first-order chi connectivity index (χ1) is 12.8. The molecule has 3 rings (SSSR count). The monoisotopic (exact) mass is 399 g/mol. The van der Waals surface area contributed by atoms with Gasteiger partial charge in [-0.15, -0.1) is 11.8 Å². The molecule has 0 aromatic rings. The molecule has 1 N–H and O–H groups in total. The zero-order valence-corrected chi connectivity index (χ0v) is 16.3. The van der Waals surface area contributed by atoms with Crippen LogP contribution in [0.3, 0.4) is 0 Å². The van der Waals surface area contributed by atoms with Crippen LogP contribution in [0.15, 0.2) is 11.3 Å². The van der Waals surface area contributed by atoms with Gasteiger partial charge in [-0.3, -0.25) is 14.5 Å². The number of hydrogen-bond donors (Lipinski definition) is 1. The van der Waals surface area contributed by atoms with E-state index >= 15 is 0 Å². The summed E-state index contributed by atoms with van der Waals surface area (Å²) in [4.78, 5) is 50.7. The van der Waals surface area contributed by atoms with Gasteiger partial charge in [0.1, 0.15) is 18.0 Å². The number of rotatable bonds is 4. The molecule has 2 unspecified atom stereocenters. The Morgan fingerprint density at radius 1 is 1.37 bits per heavy atom. The van der Waals surface area contributed by atoms with E-state index in [4.69, 9.17) is 9.47 Å². The number of likely N-dealkylation sites (tertiary alicyclic amines) is 1. The molecule has 3 aliphatic rings. The number of quaternary nitrogens is 1. The van der Waals surface area contributed by atoms with Crippen molar-refractivity contribution in [3.05, 3.63) is 11.3 Å². The van der Waals surface area contributed by atoms with Crippen LogP contribution in [0, 0.1) is 0 Å². The molecule has 3 heterocycles. The molecular formula is C17H23N2O7S+. The van der Waals surface area contributed by atoms with Gasteiger partial charge in [0.25, 0.3) is 5.91 Å². The number of ether oxygens (including phenoxy) is 2. The number of fused-ring (bicyclic) bond motifs is 1. The fourth-order valence-electron chi connectivity index (χ4n) is 3.97. The minimum atomic E-state index is -1.23. The predicted molar refractivity (Wildman–Crippen MR) is 94.4 cm³/mol. The summed E-state index contributed by atoms with van der Waals surface area (Å²) >= 11 is 1.41. The molecule has 9 nitrogen and oxygen atoms in total. The molecular weight excluding hydrogens is 376 g/mol. The average molecular weight is 399 g/mol. The van der Waals surface area contributed by atoms with E-state index in [9.17, 15) is 24.3 Å². The Labute approximate surface area is 160 Å². The number of esters is 1. The van der Waals surface area contributed by atoms with Crippen LogP contribution in [0.25, 0.3) is 0 Å². The Morgan fingerprint density at radius 3 is 2.59 bits per heavy atom. The maximum atomic E-state index is 13.5. The Kier molecular flexibility index (Phi) is 5.33. The van der Waals surface area contributed by atoms with Crippen molar-refractivity contribution >= 4 is 35.6 Å². The van der Waals surface area contributed by atoms with Gasteiger partial charge in [0, 0.05) is 38.2 Å². The van der Waals surface area contributed by atoms with Gasteiger partial charge in [-0.1, -0.05) is 0 Å². The van der Waals surface area contributed by atoms with Gasteiger partial charge in [0.2, 0.25) is 0 Å². The van der Waals surface area contributed by atoms with Crippen LogP contribution in [0.2, 0.25) is 0 Å². The second-order valence-electron chi connectivity index (χ2n) is 6.97. The highest BCUT2D eigenvalue weighted by Crippen LogP contribution is 2.44. The standard InChI is InChI=1S/C17H22N2O7S/c1-9-5-4-6-19(9,17(23)24)16(22)12-11(7-26-10(2)20)8-27-15-13(25-3)14(21)18(12)15/h9,13,15H,4-8H2,1-3H3/p+1/t9?,13-,15+,19?/m0/s1. The molecule has 10 heteroatoms. The molecule has 3 aliphatic heterocycles. The number of methoxy groups -OCH3 is 1. The summed E-state index contributed by atoms with van der Waals surface area (Å²) in [6, 6.07) is -0.403. The van der Waals surface area contributed by atoms with E-state index in [1.165, 1.54) is 30.7 Å². The van der Waals surface area contributed by atoms with Gasteiger partial charge in [0.15, 0.2) is 11.8 Å². The number of carbonyl (C=O) groups is 4. The maximum Gasteiger partial charge on any atom is 0.521 e. The quantitative estimate of drug-likeness (QED) is 0.422. The van der Waals surface area contributed by atoms with Crippen LogP contribution in [-0.2, 0) is 23.9 Å². The summed E-state index contributed by atoms with van der Waals surface area (Å²) in [6.45, 7) is 3.01. The van der Waals surface area contributed by atoms with E-state index in [1.807, 2.05) is 0 Å². The van der Waals surface area contributed by atoms with Crippen molar-refractivity contribution < 1.29 is 38.2 Å². The van der Waals surface area contributed by atoms with E-state index in [0.29, 0.717) is 24.2 Å². The van der Waals surface area contributed by atoms with Crippen molar-refractivity contribution in [2.24, 2.45) is 0 Å². The van der Waals surface area contributed by atoms with E-state index < -0.39 is 34.6 Å². The smallest absolute Gasteiger partial charge is 0.461 e. The third kappa shape index (κ3) is 2.95. The predicted octanol–water partition coefficient (Wildman–Crippen LogP) is 0.937. The van der Waals surface area contributed by atoms with Crippen molar-refractivity contribution in [2.75, 3.05) is 26.0 Å². The molecule has 0 radical (unpaired) electrons. The van der Waals surface area contributed by atoms with Gasteiger partial charge < -0.3 is 14.6 Å². The van der Waals surface area contributed by atoms with Crippen molar-refractivity contribution in [3.8, 4) is 0 Å². The molecule has 148 valence electrons. The Bertz CT molecular complexity index is 737. The summed E-state index contributed by atoms with van der Waals surface area (Å²) in [6.07, 6.45) is -0.673. The molecule has 0 aromatic carbocycles. The molecule has 3 amide bonds. The first-order valence-corrected chi connectivity index (χ1v) is 9.79. The third-order valence-electron chi connectivity index (χ3n) is 5.49. The van der Waals surface area contributed by atoms with Crippen molar-refractivity contribution in [1.29, 1.82) is 0 Å². The van der Waals surface area contributed by atoms with E-state index in [0.717, 1.165) is 0 Å². The second kappa shape index (κ2) is 7.25. The lowest BCUT2D eigenvalue weighted by Gasteiger charge is -2.49. The number of thioether (sulfide) groups is 1. The third-order valence-corrected chi connectivity index (χ3v) is 6.81.